The van der Waals surface area contributed by atoms with Crippen LogP contribution in [0.2, 0.25) is 0 Å². The quantitative estimate of drug-likeness (QED) is 0.810. The summed E-state index contributed by atoms with van der Waals surface area (Å²) in [7, 11) is 0. The van der Waals surface area contributed by atoms with Crippen LogP contribution in [0.4, 0.5) is 4.79 Å². The minimum Gasteiger partial charge on any atom is -0.391 e. The molecule has 6 nitrogen and oxygen atoms in total. The molecule has 0 aliphatic carbocycles. The Labute approximate surface area is 153 Å². The van der Waals surface area contributed by atoms with E-state index in [4.69, 9.17) is 44.8 Å². The van der Waals surface area contributed by atoms with Crippen LogP contribution in [-0.2, 0) is 6.42 Å². The maximum absolute atomic E-state index is 11.9. The lowest BCUT2D eigenvalue weighted by molar-refractivity contribution is 0.197. The number of ether oxygens (including phenoxy) is 1. The lowest BCUT2D eigenvalue weighted by Crippen LogP contribution is -2.34. The normalized spacial score (nSPS) is 11.0. The summed E-state index contributed by atoms with van der Waals surface area (Å²) in [5.74, 6) is 0.198. The molecule has 1 aromatic heterocycles. The van der Waals surface area contributed by atoms with Crippen LogP contribution in [0.25, 0.3) is 5.69 Å². The molecule has 9 heteroatoms. The van der Waals surface area contributed by atoms with Crippen molar-refractivity contribution in [2.45, 2.75) is 17.1 Å². The fourth-order valence-electron chi connectivity index (χ4n) is 1.85. The highest BCUT2D eigenvalue weighted by Crippen LogP contribution is 2.25. The Balaban J connectivity index is 2.25. The van der Waals surface area contributed by atoms with Crippen molar-refractivity contribution in [1.29, 1.82) is 5.26 Å². The molecule has 0 bridgehead atoms. The first kappa shape index (κ1) is 18.4. The number of rotatable bonds is 4. The summed E-state index contributed by atoms with van der Waals surface area (Å²) in [6.07, 6.45) is -0.126. The van der Waals surface area contributed by atoms with Gasteiger partial charge in [-0.2, -0.15) is 10.4 Å². The van der Waals surface area contributed by atoms with Gasteiger partial charge < -0.3 is 10.1 Å². The molecule has 0 aliphatic heterocycles. The van der Waals surface area contributed by atoms with Crippen LogP contribution in [0.5, 0.6) is 5.88 Å². The van der Waals surface area contributed by atoms with Gasteiger partial charge >= 0.3 is 6.09 Å². The summed E-state index contributed by atoms with van der Waals surface area (Å²) < 4.78 is 5.07. The maximum atomic E-state index is 11.9. The molecule has 1 aromatic carbocycles. The summed E-state index contributed by atoms with van der Waals surface area (Å²) >= 11 is 16.7. The highest BCUT2D eigenvalue weighted by atomic mass is 35.6. The molecule has 0 atom stereocenters. The molecule has 2 rings (SSSR count). The number of aryl methyl sites for hydroxylation is 1. The fraction of sp³-hybridized carbons (Fsp3) is 0.267. The van der Waals surface area contributed by atoms with Gasteiger partial charge in [-0.1, -0.05) is 47.8 Å². The monoisotopic (exact) mass is 386 g/mol. The number of aromatic nitrogens is 2. The largest absolute Gasteiger partial charge is 0.414 e. The molecule has 0 aliphatic rings. The van der Waals surface area contributed by atoms with Crippen molar-refractivity contribution >= 4 is 40.9 Å². The predicted molar refractivity (Wildman–Crippen MR) is 92.0 cm³/mol. The van der Waals surface area contributed by atoms with Gasteiger partial charge in [0.05, 0.1) is 29.6 Å². The number of carbonyl (C=O) groups is 1. The highest BCUT2D eigenvalue weighted by Gasteiger charge is 2.22. The summed E-state index contributed by atoms with van der Waals surface area (Å²) in [5.41, 5.74) is 1.78. The third-order valence-electron chi connectivity index (χ3n) is 2.94. The molecule has 2 aromatic rings. The van der Waals surface area contributed by atoms with Crippen molar-refractivity contribution in [2.75, 3.05) is 6.54 Å². The van der Waals surface area contributed by atoms with Gasteiger partial charge in [-0.05, 0) is 24.6 Å². The minimum atomic E-state index is -1.62. The molecule has 0 unspecified atom stereocenters. The molecule has 0 saturated heterocycles. The number of carbonyl (C=O) groups excluding carboxylic acids is 1. The summed E-state index contributed by atoms with van der Waals surface area (Å²) in [4.78, 5) is 11.9. The zero-order valence-corrected chi connectivity index (χ0v) is 14.9. The SMILES string of the molecule is CCc1cc(OC(=O)NCC(Cl)(Cl)Cl)n(-c2cccc(C#N)c2)n1. The Kier molecular flexibility index (Phi) is 5.94. The first-order chi connectivity index (χ1) is 11.3. The van der Waals surface area contributed by atoms with Crippen LogP contribution in [0.3, 0.4) is 0 Å². The van der Waals surface area contributed by atoms with E-state index in [9.17, 15) is 4.79 Å². The summed E-state index contributed by atoms with van der Waals surface area (Å²) in [6, 6.07) is 10.5. The van der Waals surface area contributed by atoms with E-state index in [1.165, 1.54) is 4.68 Å². The first-order valence-electron chi connectivity index (χ1n) is 6.94. The number of alkyl halides is 3. The number of nitrogens with one attached hydrogen (secondary N) is 1. The van der Waals surface area contributed by atoms with Crippen LogP contribution < -0.4 is 10.1 Å². The summed E-state index contributed by atoms with van der Waals surface area (Å²) in [6.45, 7) is 1.72. The van der Waals surface area contributed by atoms with Gasteiger partial charge in [0.2, 0.25) is 9.67 Å². The number of hydrogen-bond donors (Lipinski definition) is 1. The van der Waals surface area contributed by atoms with Crippen LogP contribution in [0, 0.1) is 11.3 Å². The number of amides is 1. The first-order valence-corrected chi connectivity index (χ1v) is 8.07. The second kappa shape index (κ2) is 7.75. The van der Waals surface area contributed by atoms with Crippen LogP contribution in [0.1, 0.15) is 18.2 Å². The van der Waals surface area contributed by atoms with E-state index in [0.29, 0.717) is 17.7 Å². The van der Waals surface area contributed by atoms with Gasteiger partial charge in [0, 0.05) is 6.07 Å². The Morgan fingerprint density at radius 2 is 2.17 bits per heavy atom. The molecule has 0 spiro atoms. The third kappa shape index (κ3) is 5.03. The predicted octanol–water partition coefficient (Wildman–Crippen LogP) is 3.76. The molecular weight excluding hydrogens is 375 g/mol. The van der Waals surface area contributed by atoms with Crippen molar-refractivity contribution < 1.29 is 9.53 Å². The van der Waals surface area contributed by atoms with E-state index in [-0.39, 0.29) is 12.4 Å². The van der Waals surface area contributed by atoms with E-state index in [1.807, 2.05) is 13.0 Å². The molecule has 0 fully saturated rings. The number of halogens is 3. The highest BCUT2D eigenvalue weighted by molar-refractivity contribution is 6.67. The van der Waals surface area contributed by atoms with Gasteiger partial charge in [0.25, 0.3) is 0 Å². The van der Waals surface area contributed by atoms with Gasteiger partial charge in [0.1, 0.15) is 0 Å². The topological polar surface area (TPSA) is 79.9 Å². The van der Waals surface area contributed by atoms with E-state index in [1.54, 1.807) is 30.3 Å². The lowest BCUT2D eigenvalue weighted by atomic mass is 10.2. The average molecular weight is 388 g/mol. The van der Waals surface area contributed by atoms with Gasteiger partial charge in [-0.25, -0.2) is 9.48 Å². The van der Waals surface area contributed by atoms with Crippen molar-refractivity contribution in [3.05, 3.63) is 41.6 Å². The average Bonchev–Trinajstić information content (AvgIpc) is 2.95. The number of benzene rings is 1. The summed E-state index contributed by atoms with van der Waals surface area (Å²) in [5, 5.41) is 15.7. The molecule has 1 N–H and O–H groups in total. The zero-order chi connectivity index (χ0) is 17.7. The second-order valence-corrected chi connectivity index (χ2v) is 7.28. The molecule has 24 heavy (non-hydrogen) atoms. The number of nitriles is 1. The molecule has 0 radical (unpaired) electrons. The van der Waals surface area contributed by atoms with Crippen LogP contribution in [-0.4, -0.2) is 26.2 Å². The van der Waals surface area contributed by atoms with E-state index < -0.39 is 9.89 Å². The van der Waals surface area contributed by atoms with E-state index >= 15 is 0 Å². The Hall–Kier alpha value is -1.94. The van der Waals surface area contributed by atoms with Crippen molar-refractivity contribution in [1.82, 2.24) is 15.1 Å². The van der Waals surface area contributed by atoms with Gasteiger partial charge in [-0.15, -0.1) is 0 Å². The molecule has 126 valence electrons. The van der Waals surface area contributed by atoms with Crippen molar-refractivity contribution in [3.8, 4) is 17.6 Å². The lowest BCUT2D eigenvalue weighted by Gasteiger charge is -2.12. The Morgan fingerprint density at radius 3 is 2.79 bits per heavy atom. The number of hydrogen-bond acceptors (Lipinski definition) is 4. The maximum Gasteiger partial charge on any atom is 0.414 e. The second-order valence-electron chi connectivity index (χ2n) is 4.76. The molecule has 0 saturated carbocycles. The zero-order valence-electron chi connectivity index (χ0n) is 12.6. The molecule has 1 amide bonds. The fourth-order valence-corrected chi connectivity index (χ4v) is 2.05. The minimum absolute atomic E-state index is 0.198. The van der Waals surface area contributed by atoms with Gasteiger partial charge in [0.15, 0.2) is 0 Å². The molecular formula is C15H13Cl3N4O2. The number of nitrogens with zero attached hydrogens (tertiary/aromatic N) is 3. The van der Waals surface area contributed by atoms with E-state index in [2.05, 4.69) is 10.4 Å². The molecule has 1 heterocycles. The third-order valence-corrected chi connectivity index (χ3v) is 3.34. The Morgan fingerprint density at radius 1 is 1.42 bits per heavy atom. The smallest absolute Gasteiger partial charge is 0.391 e. The van der Waals surface area contributed by atoms with Gasteiger partial charge in [-0.3, -0.25) is 0 Å². The Bertz CT molecular complexity index is 778. The van der Waals surface area contributed by atoms with Crippen molar-refractivity contribution in [2.24, 2.45) is 0 Å². The van der Waals surface area contributed by atoms with E-state index in [0.717, 1.165) is 5.69 Å². The van der Waals surface area contributed by atoms with Crippen LogP contribution in [0.15, 0.2) is 30.3 Å². The standard InChI is InChI=1S/C15H13Cl3N4O2/c1-2-11-7-13(24-14(23)20-9-15(16,17)18)22(21-11)12-5-3-4-10(6-12)8-19/h3-7H,2,9H2,1H3,(H,20,23). The van der Waals surface area contributed by atoms with Crippen molar-refractivity contribution in [3.63, 3.8) is 0 Å². The van der Waals surface area contributed by atoms with Crippen LogP contribution >= 0.6 is 34.8 Å².